The maximum absolute atomic E-state index is 12.7. The van der Waals surface area contributed by atoms with Crippen molar-refractivity contribution in [3.05, 3.63) is 48.0 Å². The Labute approximate surface area is 170 Å². The molecule has 0 radical (unpaired) electrons. The van der Waals surface area contributed by atoms with Crippen LogP contribution in [0.15, 0.2) is 42.5 Å². The first-order valence-corrected chi connectivity index (χ1v) is 9.87. The van der Waals surface area contributed by atoms with Crippen LogP contribution in [0.4, 0.5) is 16.2 Å². The maximum Gasteiger partial charge on any atom is 0.325 e. The molecule has 0 aliphatic carbocycles. The highest BCUT2D eigenvalue weighted by molar-refractivity contribution is 5.99. The molecule has 3 amide bonds. The molecule has 1 saturated heterocycles. The number of fused-ring (bicyclic) bond motifs is 1. The molecule has 2 aromatic rings. The number of nitrogens with one attached hydrogen (secondary N) is 1. The molecule has 7 nitrogen and oxygen atoms in total. The quantitative estimate of drug-likeness (QED) is 0.842. The summed E-state index contributed by atoms with van der Waals surface area (Å²) < 4.78 is 11.0. The topological polar surface area (TPSA) is 71.1 Å². The van der Waals surface area contributed by atoms with E-state index in [1.54, 1.807) is 28.0 Å². The van der Waals surface area contributed by atoms with Crippen LogP contribution >= 0.6 is 0 Å². The number of urea groups is 1. The molecule has 152 valence electrons. The Bertz CT molecular complexity index is 911. The molecule has 0 spiro atoms. The fraction of sp³-hybridized carbons (Fsp3) is 0.364. The van der Waals surface area contributed by atoms with Crippen LogP contribution in [-0.4, -0.2) is 49.7 Å². The summed E-state index contributed by atoms with van der Waals surface area (Å²) in [5, 5.41) is 2.83. The van der Waals surface area contributed by atoms with Crippen molar-refractivity contribution in [3.63, 3.8) is 0 Å². The zero-order valence-corrected chi connectivity index (χ0v) is 16.7. The minimum absolute atomic E-state index is 0.00779. The minimum Gasteiger partial charge on any atom is -0.486 e. The summed E-state index contributed by atoms with van der Waals surface area (Å²) in [6, 6.07) is 13.1. The van der Waals surface area contributed by atoms with Gasteiger partial charge in [0.2, 0.25) is 5.91 Å². The molecule has 2 heterocycles. The second kappa shape index (κ2) is 8.03. The molecule has 4 rings (SSSR count). The molecule has 2 aromatic carbocycles. The zero-order chi connectivity index (χ0) is 20.4. The molecule has 1 N–H and O–H groups in total. The fourth-order valence-corrected chi connectivity index (χ4v) is 3.50. The molecule has 0 unspecified atom stereocenters. The lowest BCUT2D eigenvalue weighted by Crippen LogP contribution is -2.37. The van der Waals surface area contributed by atoms with Crippen LogP contribution in [-0.2, 0) is 4.79 Å². The maximum atomic E-state index is 12.7. The van der Waals surface area contributed by atoms with E-state index >= 15 is 0 Å². The molecule has 1 fully saturated rings. The SMILES string of the molecule is CC(C)c1ccc(N2CCN(CC(=O)Nc3ccc4c(c3)OCCO4)C2=O)cc1. The van der Waals surface area contributed by atoms with Crippen LogP contribution in [0.25, 0.3) is 0 Å². The molecule has 0 atom stereocenters. The number of benzene rings is 2. The molecule has 29 heavy (non-hydrogen) atoms. The average molecular weight is 395 g/mol. The summed E-state index contributed by atoms with van der Waals surface area (Å²) in [4.78, 5) is 28.5. The smallest absolute Gasteiger partial charge is 0.325 e. The van der Waals surface area contributed by atoms with Gasteiger partial charge in [-0.3, -0.25) is 9.69 Å². The van der Waals surface area contributed by atoms with E-state index in [-0.39, 0.29) is 18.5 Å². The van der Waals surface area contributed by atoms with E-state index in [2.05, 4.69) is 19.2 Å². The Kier molecular flexibility index (Phi) is 5.29. The van der Waals surface area contributed by atoms with E-state index in [0.717, 1.165) is 5.69 Å². The van der Waals surface area contributed by atoms with Gasteiger partial charge in [-0.2, -0.15) is 0 Å². The van der Waals surface area contributed by atoms with Gasteiger partial charge in [0.1, 0.15) is 19.8 Å². The number of rotatable bonds is 5. The first-order chi connectivity index (χ1) is 14.0. The Hall–Kier alpha value is -3.22. The summed E-state index contributed by atoms with van der Waals surface area (Å²) in [7, 11) is 0. The molecular weight excluding hydrogens is 370 g/mol. The third-order valence-electron chi connectivity index (χ3n) is 5.13. The van der Waals surface area contributed by atoms with E-state index in [0.29, 0.717) is 49.4 Å². The van der Waals surface area contributed by atoms with E-state index in [1.165, 1.54) is 5.56 Å². The number of carbonyl (C=O) groups is 2. The first kappa shape index (κ1) is 19.1. The average Bonchev–Trinajstić information content (AvgIpc) is 3.08. The fourth-order valence-electron chi connectivity index (χ4n) is 3.50. The predicted octanol–water partition coefficient (Wildman–Crippen LogP) is 3.46. The van der Waals surface area contributed by atoms with Gasteiger partial charge in [-0.15, -0.1) is 0 Å². The lowest BCUT2D eigenvalue weighted by atomic mass is 10.0. The van der Waals surface area contributed by atoms with Crippen LogP contribution in [0.2, 0.25) is 0 Å². The van der Waals surface area contributed by atoms with Gasteiger partial charge in [-0.1, -0.05) is 26.0 Å². The van der Waals surface area contributed by atoms with Crippen molar-refractivity contribution in [2.45, 2.75) is 19.8 Å². The van der Waals surface area contributed by atoms with Crippen molar-refractivity contribution in [3.8, 4) is 11.5 Å². The highest BCUT2D eigenvalue weighted by atomic mass is 16.6. The van der Waals surface area contributed by atoms with Crippen molar-refractivity contribution in [1.82, 2.24) is 4.90 Å². The second-order valence-electron chi connectivity index (χ2n) is 7.51. The van der Waals surface area contributed by atoms with Gasteiger partial charge in [-0.05, 0) is 35.7 Å². The molecule has 2 aliphatic rings. The zero-order valence-electron chi connectivity index (χ0n) is 16.7. The van der Waals surface area contributed by atoms with Crippen LogP contribution in [0.5, 0.6) is 11.5 Å². The van der Waals surface area contributed by atoms with Crippen molar-refractivity contribution in [2.24, 2.45) is 0 Å². The highest BCUT2D eigenvalue weighted by Crippen LogP contribution is 2.32. The van der Waals surface area contributed by atoms with Crippen LogP contribution < -0.4 is 19.7 Å². The van der Waals surface area contributed by atoms with Crippen LogP contribution in [0, 0.1) is 0 Å². The van der Waals surface area contributed by atoms with Gasteiger partial charge in [-0.25, -0.2) is 4.79 Å². The van der Waals surface area contributed by atoms with E-state index in [1.807, 2.05) is 24.3 Å². The Morgan fingerprint density at radius 1 is 1.03 bits per heavy atom. The number of hydrogen-bond acceptors (Lipinski definition) is 4. The molecular formula is C22H25N3O4. The van der Waals surface area contributed by atoms with Crippen molar-refractivity contribution in [2.75, 3.05) is 43.1 Å². The first-order valence-electron chi connectivity index (χ1n) is 9.87. The number of ether oxygens (including phenoxy) is 2. The van der Waals surface area contributed by atoms with Crippen LogP contribution in [0.3, 0.4) is 0 Å². The largest absolute Gasteiger partial charge is 0.486 e. The van der Waals surface area contributed by atoms with Gasteiger partial charge in [0.05, 0.1) is 0 Å². The summed E-state index contributed by atoms with van der Waals surface area (Å²) in [6.07, 6.45) is 0. The highest BCUT2D eigenvalue weighted by Gasteiger charge is 2.31. The third kappa shape index (κ3) is 4.13. The number of anilines is 2. The van der Waals surface area contributed by atoms with Crippen LogP contribution in [0.1, 0.15) is 25.3 Å². The van der Waals surface area contributed by atoms with Crippen molar-refractivity contribution >= 4 is 23.3 Å². The summed E-state index contributed by atoms with van der Waals surface area (Å²) in [6.45, 7) is 6.37. The summed E-state index contributed by atoms with van der Waals surface area (Å²) >= 11 is 0. The number of nitrogens with zero attached hydrogens (tertiary/aromatic N) is 2. The standard InChI is InChI=1S/C22H25N3O4/c1-15(2)16-3-6-18(7-4-16)25-10-9-24(22(25)27)14-21(26)23-17-5-8-19-20(13-17)29-12-11-28-19/h3-8,13,15H,9-12,14H2,1-2H3,(H,23,26). The van der Waals surface area contributed by atoms with E-state index in [9.17, 15) is 9.59 Å². The molecule has 0 bridgehead atoms. The Morgan fingerprint density at radius 3 is 2.48 bits per heavy atom. The molecule has 0 saturated carbocycles. The number of carbonyl (C=O) groups excluding carboxylic acids is 2. The number of hydrogen-bond donors (Lipinski definition) is 1. The van der Waals surface area contributed by atoms with Gasteiger partial charge in [0.25, 0.3) is 0 Å². The van der Waals surface area contributed by atoms with Gasteiger partial charge in [0, 0.05) is 30.5 Å². The molecule has 2 aliphatic heterocycles. The predicted molar refractivity (Wildman–Crippen MR) is 111 cm³/mol. The Morgan fingerprint density at radius 2 is 1.76 bits per heavy atom. The third-order valence-corrected chi connectivity index (χ3v) is 5.13. The van der Waals surface area contributed by atoms with E-state index in [4.69, 9.17) is 9.47 Å². The molecule has 0 aromatic heterocycles. The van der Waals surface area contributed by atoms with Gasteiger partial charge in [0.15, 0.2) is 11.5 Å². The summed E-state index contributed by atoms with van der Waals surface area (Å²) in [5.74, 6) is 1.48. The van der Waals surface area contributed by atoms with Crippen molar-refractivity contribution < 1.29 is 19.1 Å². The lowest BCUT2D eigenvalue weighted by Gasteiger charge is -2.20. The van der Waals surface area contributed by atoms with Crippen molar-refractivity contribution in [1.29, 1.82) is 0 Å². The molecule has 7 heteroatoms. The monoisotopic (exact) mass is 395 g/mol. The Balaban J connectivity index is 1.36. The minimum atomic E-state index is -0.243. The van der Waals surface area contributed by atoms with E-state index < -0.39 is 0 Å². The number of amides is 3. The normalized spacial score (nSPS) is 15.8. The van der Waals surface area contributed by atoms with Gasteiger partial charge >= 0.3 is 6.03 Å². The summed E-state index contributed by atoms with van der Waals surface area (Å²) in [5.41, 5.74) is 2.71. The lowest BCUT2D eigenvalue weighted by molar-refractivity contribution is -0.116. The van der Waals surface area contributed by atoms with Gasteiger partial charge < -0.3 is 19.7 Å². The second-order valence-corrected chi connectivity index (χ2v) is 7.51.